The minimum absolute atomic E-state index is 0.0299. The van der Waals surface area contributed by atoms with Crippen LogP contribution in [0.5, 0.6) is 0 Å². The average Bonchev–Trinajstić information content (AvgIpc) is 3.59. The fourth-order valence-electron chi connectivity index (χ4n) is 5.26. The molecule has 1 aliphatic carbocycles. The molecule has 5 rings (SSSR count). The van der Waals surface area contributed by atoms with Gasteiger partial charge in [0.2, 0.25) is 5.52 Å². The molecule has 32 heavy (non-hydrogen) atoms. The second kappa shape index (κ2) is 7.42. The van der Waals surface area contributed by atoms with Crippen LogP contribution in [0, 0.1) is 12.4 Å². The van der Waals surface area contributed by atoms with Crippen LogP contribution in [0.15, 0.2) is 47.3 Å². The Kier molecular flexibility index (Phi) is 4.79. The Hall–Kier alpha value is -3.24. The zero-order chi connectivity index (χ0) is 22.6. The highest BCUT2D eigenvalue weighted by Crippen LogP contribution is 2.53. The van der Waals surface area contributed by atoms with E-state index in [1.54, 1.807) is 41.9 Å². The third-order valence-corrected chi connectivity index (χ3v) is 7.12. The van der Waals surface area contributed by atoms with E-state index in [-0.39, 0.29) is 29.0 Å². The van der Waals surface area contributed by atoms with Gasteiger partial charge in [-0.1, -0.05) is 18.7 Å². The number of nitrogens with zero attached hydrogens (tertiary/aromatic N) is 5. The van der Waals surface area contributed by atoms with Crippen LogP contribution in [0.3, 0.4) is 0 Å². The lowest BCUT2D eigenvalue weighted by atomic mass is 9.97. The molecule has 0 radical (unpaired) electrons. The fourth-order valence-corrected chi connectivity index (χ4v) is 5.26. The van der Waals surface area contributed by atoms with Gasteiger partial charge in [-0.3, -0.25) is 9.69 Å². The van der Waals surface area contributed by atoms with E-state index in [0.29, 0.717) is 11.3 Å². The molecule has 0 bridgehead atoms. The van der Waals surface area contributed by atoms with Crippen molar-refractivity contribution < 1.29 is 4.39 Å². The number of aryl methyl sites for hydroxylation is 1. The predicted molar refractivity (Wildman–Crippen MR) is 124 cm³/mol. The topological polar surface area (TPSA) is 45.7 Å². The van der Waals surface area contributed by atoms with Crippen LogP contribution in [-0.2, 0) is 12.6 Å². The summed E-state index contributed by atoms with van der Waals surface area (Å²) >= 11 is 0. The Labute approximate surface area is 186 Å². The van der Waals surface area contributed by atoms with E-state index in [0.717, 1.165) is 37.1 Å². The largest absolute Gasteiger partial charge is 0.362 e. The molecule has 2 atom stereocenters. The monoisotopic (exact) mass is 431 g/mol. The predicted octanol–water partition coefficient (Wildman–Crippen LogP) is 4.21. The SMILES string of the molecule is [C-]#[N+]c1ccc2c(n1)c(N1C[C@@H](C)N(C3(c4ccc(F)cc4)CC3)C[C@@H]1C)cc(=O)n2C. The van der Waals surface area contributed by atoms with Crippen molar-refractivity contribution >= 4 is 22.5 Å². The highest BCUT2D eigenvalue weighted by Gasteiger charge is 2.52. The fraction of sp³-hybridized carbons (Fsp3) is 0.400. The molecule has 0 N–H and O–H groups in total. The molecule has 6 nitrogen and oxygen atoms in total. The van der Waals surface area contributed by atoms with Crippen molar-refractivity contribution in [3.63, 3.8) is 0 Å². The standard InChI is InChI=1S/C25H26FN5O/c1-16-15-31(25(11-12-25)18-5-7-19(26)8-6-18)17(2)14-30(16)21-13-23(32)29(4)20-9-10-22(27-3)28-24(20)21/h5-10,13,16-17H,11-12,14-15H2,1-2,4H3/t16-,17+/m0/s1. The molecular weight excluding hydrogens is 405 g/mol. The van der Waals surface area contributed by atoms with E-state index in [2.05, 4.69) is 33.5 Å². The van der Waals surface area contributed by atoms with E-state index < -0.39 is 0 Å². The van der Waals surface area contributed by atoms with Crippen LogP contribution in [0.1, 0.15) is 32.3 Å². The number of pyridine rings is 2. The van der Waals surface area contributed by atoms with Crippen LogP contribution in [-0.4, -0.2) is 39.6 Å². The van der Waals surface area contributed by atoms with E-state index in [1.165, 1.54) is 5.56 Å². The van der Waals surface area contributed by atoms with Crippen molar-refractivity contribution in [2.75, 3.05) is 18.0 Å². The number of fused-ring (bicyclic) bond motifs is 1. The van der Waals surface area contributed by atoms with Gasteiger partial charge in [-0.05, 0) is 56.5 Å². The number of benzene rings is 1. The van der Waals surface area contributed by atoms with Gasteiger partial charge in [0.1, 0.15) is 5.82 Å². The van der Waals surface area contributed by atoms with Crippen molar-refractivity contribution in [1.29, 1.82) is 0 Å². The third kappa shape index (κ3) is 3.18. The number of aromatic nitrogens is 2. The summed E-state index contributed by atoms with van der Waals surface area (Å²) in [6.45, 7) is 13.3. The molecule has 2 aliphatic rings. The normalized spacial score (nSPS) is 22.7. The Morgan fingerprint density at radius 3 is 2.47 bits per heavy atom. The van der Waals surface area contributed by atoms with Gasteiger partial charge in [0.25, 0.3) is 11.4 Å². The van der Waals surface area contributed by atoms with Gasteiger partial charge >= 0.3 is 0 Å². The molecule has 1 aromatic carbocycles. The van der Waals surface area contributed by atoms with Crippen LogP contribution < -0.4 is 10.5 Å². The molecule has 3 heterocycles. The van der Waals surface area contributed by atoms with Gasteiger partial charge in [0, 0.05) is 43.8 Å². The van der Waals surface area contributed by atoms with Crippen molar-refractivity contribution in [1.82, 2.24) is 14.5 Å². The number of anilines is 1. The number of hydrogen-bond acceptors (Lipinski definition) is 4. The van der Waals surface area contributed by atoms with Crippen LogP contribution in [0.4, 0.5) is 15.9 Å². The van der Waals surface area contributed by atoms with E-state index >= 15 is 0 Å². The second-order valence-corrected chi connectivity index (χ2v) is 9.12. The summed E-state index contributed by atoms with van der Waals surface area (Å²) in [6.07, 6.45) is 2.14. The summed E-state index contributed by atoms with van der Waals surface area (Å²) in [4.78, 5) is 25.5. The summed E-state index contributed by atoms with van der Waals surface area (Å²) in [7, 11) is 1.73. The summed E-state index contributed by atoms with van der Waals surface area (Å²) in [6, 6.07) is 12.4. The minimum atomic E-state index is -0.209. The lowest BCUT2D eigenvalue weighted by molar-refractivity contribution is 0.0932. The summed E-state index contributed by atoms with van der Waals surface area (Å²) < 4.78 is 15.1. The highest BCUT2D eigenvalue weighted by atomic mass is 19.1. The first kappa shape index (κ1) is 20.7. The van der Waals surface area contributed by atoms with Crippen LogP contribution in [0.2, 0.25) is 0 Å². The lowest BCUT2D eigenvalue weighted by Crippen LogP contribution is -2.59. The van der Waals surface area contributed by atoms with Crippen molar-refractivity contribution in [2.45, 2.75) is 44.3 Å². The molecule has 7 heteroatoms. The second-order valence-electron chi connectivity index (χ2n) is 9.12. The molecule has 2 aromatic heterocycles. The highest BCUT2D eigenvalue weighted by molar-refractivity contribution is 5.89. The quantitative estimate of drug-likeness (QED) is 0.583. The van der Waals surface area contributed by atoms with Gasteiger partial charge in [-0.2, -0.15) is 0 Å². The Morgan fingerprint density at radius 2 is 1.81 bits per heavy atom. The Morgan fingerprint density at radius 1 is 1.09 bits per heavy atom. The smallest absolute Gasteiger partial charge is 0.270 e. The Balaban J connectivity index is 1.51. The lowest BCUT2D eigenvalue weighted by Gasteiger charge is -2.48. The molecule has 2 fully saturated rings. The maximum absolute atomic E-state index is 13.5. The molecule has 0 amide bonds. The van der Waals surface area contributed by atoms with Gasteiger partial charge < -0.3 is 14.3 Å². The molecule has 0 spiro atoms. The van der Waals surface area contributed by atoms with E-state index in [9.17, 15) is 9.18 Å². The van der Waals surface area contributed by atoms with E-state index in [4.69, 9.17) is 6.57 Å². The van der Waals surface area contributed by atoms with Crippen LogP contribution in [0.25, 0.3) is 15.9 Å². The molecule has 3 aromatic rings. The molecule has 1 aliphatic heterocycles. The minimum Gasteiger partial charge on any atom is -0.362 e. The molecule has 1 saturated carbocycles. The maximum atomic E-state index is 13.5. The van der Waals surface area contributed by atoms with Crippen molar-refractivity contribution in [3.8, 4) is 0 Å². The van der Waals surface area contributed by atoms with Crippen molar-refractivity contribution in [3.05, 3.63) is 75.6 Å². The average molecular weight is 432 g/mol. The first-order chi connectivity index (χ1) is 15.3. The number of halogens is 1. The summed E-state index contributed by atoms with van der Waals surface area (Å²) in [5, 5.41) is 0. The summed E-state index contributed by atoms with van der Waals surface area (Å²) in [5.41, 5.74) is 3.27. The molecule has 1 saturated heterocycles. The maximum Gasteiger partial charge on any atom is 0.270 e. The zero-order valence-electron chi connectivity index (χ0n) is 18.5. The van der Waals surface area contributed by atoms with Gasteiger partial charge in [-0.15, -0.1) is 4.98 Å². The van der Waals surface area contributed by atoms with Gasteiger partial charge in [0.15, 0.2) is 0 Å². The molecule has 164 valence electrons. The first-order valence-corrected chi connectivity index (χ1v) is 11.0. The number of piperazine rings is 1. The third-order valence-electron chi connectivity index (χ3n) is 7.12. The summed E-state index contributed by atoms with van der Waals surface area (Å²) in [5.74, 6) is 0.115. The molecular formula is C25H26FN5O. The zero-order valence-corrected chi connectivity index (χ0v) is 18.5. The van der Waals surface area contributed by atoms with Gasteiger partial charge in [-0.25, -0.2) is 4.39 Å². The molecule has 0 unspecified atom stereocenters. The van der Waals surface area contributed by atoms with E-state index in [1.807, 2.05) is 12.1 Å². The first-order valence-electron chi connectivity index (χ1n) is 11.0. The van der Waals surface area contributed by atoms with Crippen molar-refractivity contribution in [2.24, 2.45) is 7.05 Å². The van der Waals surface area contributed by atoms with Gasteiger partial charge in [0.05, 0.1) is 11.2 Å². The number of hydrogen-bond donors (Lipinski definition) is 0. The number of rotatable bonds is 3. The Bertz CT molecular complexity index is 1290. The van der Waals surface area contributed by atoms with Crippen LogP contribution >= 0.6 is 0 Å².